The molecule has 3 N–H and O–H groups in total. The second kappa shape index (κ2) is 6.62. The Balaban J connectivity index is 0. The fraction of sp³-hybridized carbons (Fsp3) is 0.875. The number of ether oxygens (including phenoxy) is 1. The summed E-state index contributed by atoms with van der Waals surface area (Å²) in [5, 5.41) is 0. The van der Waals surface area contributed by atoms with Crippen LogP contribution in [0.3, 0.4) is 0 Å². The molecule has 0 aromatic rings. The van der Waals surface area contributed by atoms with Crippen LogP contribution in [0.4, 0.5) is 4.79 Å². The van der Waals surface area contributed by atoms with E-state index in [1.807, 2.05) is 0 Å². The number of nitrogens with one attached hydrogen (secondary N) is 1. The number of primary amides is 1. The number of hydrogen-bond acceptors (Lipinski definition) is 4. The predicted octanol–water partition coefficient (Wildman–Crippen LogP) is 0.436. The molecule has 0 bridgehead atoms. The van der Waals surface area contributed by atoms with Gasteiger partial charge >= 0.3 is 6.09 Å². The number of carbonyl (C=O) groups is 1. The van der Waals surface area contributed by atoms with Gasteiger partial charge in [-0.15, -0.1) is 0 Å². The second-order valence-electron chi connectivity index (χ2n) is 3.80. The minimum atomic E-state index is -2.92. The van der Waals surface area contributed by atoms with E-state index < -0.39 is 21.7 Å². The summed E-state index contributed by atoms with van der Waals surface area (Å²) in [5.41, 5.74) is 4.26. The average Bonchev–Trinajstić information content (AvgIpc) is 1.77. The molecule has 0 heterocycles. The highest BCUT2D eigenvalue weighted by atomic mass is 32.2. The van der Waals surface area contributed by atoms with Crippen molar-refractivity contribution in [2.24, 2.45) is 5.73 Å². The zero-order valence-electron chi connectivity index (χ0n) is 9.83. The Kier molecular flexibility index (Phi) is 7.33. The van der Waals surface area contributed by atoms with Gasteiger partial charge in [-0.1, -0.05) is 6.92 Å². The topological polar surface area (TPSA) is 98.5 Å². The molecule has 0 atom stereocenters. The molecule has 6 nitrogen and oxygen atoms in total. The molecule has 7 heteroatoms. The van der Waals surface area contributed by atoms with Crippen LogP contribution in [-0.4, -0.2) is 32.9 Å². The Labute approximate surface area is 91.2 Å². The van der Waals surface area contributed by atoms with E-state index in [2.05, 4.69) is 9.46 Å². The van der Waals surface area contributed by atoms with Gasteiger partial charge < -0.3 is 10.5 Å². The van der Waals surface area contributed by atoms with Gasteiger partial charge in [0, 0.05) is 6.54 Å². The van der Waals surface area contributed by atoms with Crippen LogP contribution in [0, 0.1) is 0 Å². The van der Waals surface area contributed by atoms with E-state index >= 15 is 0 Å². The zero-order valence-corrected chi connectivity index (χ0v) is 10.6. The fourth-order valence-corrected chi connectivity index (χ4v) is 1.09. The summed E-state index contributed by atoms with van der Waals surface area (Å²) in [7, 11) is -2.92. The quantitative estimate of drug-likeness (QED) is 0.731. The van der Waals surface area contributed by atoms with E-state index in [0.717, 1.165) is 6.26 Å². The van der Waals surface area contributed by atoms with E-state index in [-0.39, 0.29) is 0 Å². The molecule has 15 heavy (non-hydrogen) atoms. The lowest BCUT2D eigenvalue weighted by molar-refractivity contribution is 0.0600. The Morgan fingerprint density at radius 3 is 1.80 bits per heavy atom. The number of nitrogens with two attached hydrogens (primary N) is 1. The van der Waals surface area contributed by atoms with Gasteiger partial charge in [-0.05, 0) is 20.8 Å². The maximum Gasteiger partial charge on any atom is 0.405 e. The number of hydrogen-bond donors (Lipinski definition) is 2. The van der Waals surface area contributed by atoms with Crippen LogP contribution in [-0.2, 0) is 14.8 Å². The number of sulfonamides is 1. The van der Waals surface area contributed by atoms with E-state index in [1.54, 1.807) is 27.7 Å². The smallest absolute Gasteiger partial charge is 0.405 e. The second-order valence-corrected chi connectivity index (χ2v) is 5.64. The van der Waals surface area contributed by atoms with Crippen molar-refractivity contribution in [2.75, 3.05) is 12.8 Å². The summed E-state index contributed by atoms with van der Waals surface area (Å²) >= 11 is 0. The van der Waals surface area contributed by atoms with Crippen molar-refractivity contribution in [2.45, 2.75) is 33.3 Å². The lowest BCUT2D eigenvalue weighted by Gasteiger charge is -2.16. The van der Waals surface area contributed by atoms with Crippen LogP contribution in [0.15, 0.2) is 0 Å². The maximum atomic E-state index is 10.1. The first kappa shape index (κ1) is 16.6. The maximum absolute atomic E-state index is 10.1. The molecular weight excluding hydrogens is 220 g/mol. The number of carbonyl (C=O) groups excluding carboxylic acids is 1. The van der Waals surface area contributed by atoms with Crippen molar-refractivity contribution < 1.29 is 17.9 Å². The van der Waals surface area contributed by atoms with E-state index in [9.17, 15) is 13.2 Å². The molecule has 1 amide bonds. The van der Waals surface area contributed by atoms with Gasteiger partial charge in [0.2, 0.25) is 10.0 Å². The lowest BCUT2D eigenvalue weighted by atomic mass is 10.2. The highest BCUT2D eigenvalue weighted by Crippen LogP contribution is 2.04. The van der Waals surface area contributed by atoms with Gasteiger partial charge in [-0.25, -0.2) is 17.9 Å². The van der Waals surface area contributed by atoms with Gasteiger partial charge in [0.05, 0.1) is 6.26 Å². The molecule has 0 aliphatic carbocycles. The van der Waals surface area contributed by atoms with Gasteiger partial charge in [-0.3, -0.25) is 0 Å². The van der Waals surface area contributed by atoms with Crippen LogP contribution in [0.5, 0.6) is 0 Å². The van der Waals surface area contributed by atoms with Crippen molar-refractivity contribution in [3.8, 4) is 0 Å². The molecular formula is C8H20N2O4S. The first-order chi connectivity index (χ1) is 6.48. The third-order valence-electron chi connectivity index (χ3n) is 0.813. The minimum Gasteiger partial charge on any atom is -0.444 e. The molecule has 92 valence electrons. The van der Waals surface area contributed by atoms with E-state index in [1.165, 1.54) is 0 Å². The Hall–Kier alpha value is -0.820. The summed E-state index contributed by atoms with van der Waals surface area (Å²) in [6.07, 6.45) is 0.411. The normalized spacial score (nSPS) is 11.3. The molecule has 0 radical (unpaired) electrons. The summed E-state index contributed by atoms with van der Waals surface area (Å²) in [6, 6.07) is 0. The number of amides is 1. The van der Waals surface area contributed by atoms with Gasteiger partial charge in [-0.2, -0.15) is 0 Å². The van der Waals surface area contributed by atoms with Crippen LogP contribution in [0.2, 0.25) is 0 Å². The molecule has 0 aliphatic rings. The van der Waals surface area contributed by atoms with Crippen LogP contribution < -0.4 is 10.5 Å². The third kappa shape index (κ3) is 24.6. The number of rotatable bonds is 2. The van der Waals surface area contributed by atoms with Crippen LogP contribution in [0.1, 0.15) is 27.7 Å². The van der Waals surface area contributed by atoms with Crippen molar-refractivity contribution in [1.29, 1.82) is 0 Å². The lowest BCUT2D eigenvalue weighted by Crippen LogP contribution is -2.27. The summed E-state index contributed by atoms with van der Waals surface area (Å²) < 4.78 is 27.1. The van der Waals surface area contributed by atoms with Crippen LogP contribution >= 0.6 is 0 Å². The van der Waals surface area contributed by atoms with Crippen molar-refractivity contribution in [1.82, 2.24) is 4.72 Å². The molecule has 0 aliphatic heterocycles. The molecule has 0 rings (SSSR count). The molecule has 0 spiro atoms. The Morgan fingerprint density at radius 1 is 1.40 bits per heavy atom. The van der Waals surface area contributed by atoms with Crippen molar-refractivity contribution >= 4 is 16.1 Å². The van der Waals surface area contributed by atoms with Gasteiger partial charge in [0.1, 0.15) is 5.60 Å². The molecule has 0 saturated carbocycles. The molecule has 0 unspecified atom stereocenters. The monoisotopic (exact) mass is 240 g/mol. The molecule has 0 aromatic carbocycles. The minimum absolute atomic E-state index is 0.453. The zero-order chi connectivity index (χ0) is 12.7. The molecule has 0 aromatic heterocycles. The van der Waals surface area contributed by atoms with Crippen molar-refractivity contribution in [3.63, 3.8) is 0 Å². The average molecular weight is 240 g/mol. The summed E-state index contributed by atoms with van der Waals surface area (Å²) in [5.74, 6) is 0. The fourth-order valence-electron chi connectivity index (χ4n) is 0.564. The highest BCUT2D eigenvalue weighted by Gasteiger charge is 2.12. The standard InChI is InChI=1S/C5H11NO2.C3H9NO2S/c1-5(2,3)8-4(6)7;1-3-4-7(2,5)6/h1-3H3,(H2,6,7);4H,3H2,1-2H3. The van der Waals surface area contributed by atoms with Crippen LogP contribution in [0.25, 0.3) is 0 Å². The third-order valence-corrected chi connectivity index (χ3v) is 1.63. The van der Waals surface area contributed by atoms with Crippen molar-refractivity contribution in [3.05, 3.63) is 0 Å². The largest absolute Gasteiger partial charge is 0.444 e. The Morgan fingerprint density at radius 2 is 1.80 bits per heavy atom. The SMILES string of the molecule is CC(C)(C)OC(N)=O.CCNS(C)(=O)=O. The van der Waals surface area contributed by atoms with Gasteiger partial charge in [0.15, 0.2) is 0 Å². The summed E-state index contributed by atoms with van der Waals surface area (Å²) in [6.45, 7) is 7.49. The van der Waals surface area contributed by atoms with E-state index in [4.69, 9.17) is 5.73 Å². The van der Waals surface area contributed by atoms with Gasteiger partial charge in [0.25, 0.3) is 0 Å². The first-order valence-corrected chi connectivity index (χ1v) is 6.30. The van der Waals surface area contributed by atoms with E-state index in [0.29, 0.717) is 6.54 Å². The highest BCUT2D eigenvalue weighted by molar-refractivity contribution is 7.88. The summed E-state index contributed by atoms with van der Waals surface area (Å²) in [4.78, 5) is 10.0. The first-order valence-electron chi connectivity index (χ1n) is 4.41. The Bertz CT molecular complexity index is 280. The molecule has 0 saturated heterocycles. The predicted molar refractivity (Wildman–Crippen MR) is 58.9 cm³/mol. The molecule has 0 fully saturated rings.